The highest BCUT2D eigenvalue weighted by atomic mass is 32.1. The minimum absolute atomic E-state index is 0.108. The molecule has 7 nitrogen and oxygen atoms in total. The van der Waals surface area contributed by atoms with Crippen molar-refractivity contribution in [3.05, 3.63) is 16.1 Å². The number of thiazole rings is 1. The van der Waals surface area contributed by atoms with Gasteiger partial charge < -0.3 is 0 Å². The van der Waals surface area contributed by atoms with Gasteiger partial charge in [0.15, 0.2) is 5.01 Å². The van der Waals surface area contributed by atoms with Crippen LogP contribution in [0.5, 0.6) is 0 Å². The quantitative estimate of drug-likeness (QED) is 0.324. The highest BCUT2D eigenvalue weighted by Crippen LogP contribution is 2.47. The number of imide groups is 1. The molecular formula is C10H10N4O3S. The molecule has 1 saturated heterocycles. The number of nitrogens with zero attached hydrogens (tertiary/aromatic N) is 2. The Balaban J connectivity index is 1.73. The number of hydrogen-bond acceptors (Lipinski definition) is 6. The summed E-state index contributed by atoms with van der Waals surface area (Å²) in [7, 11) is 0. The van der Waals surface area contributed by atoms with Crippen molar-refractivity contribution in [2.45, 2.75) is 13.0 Å². The van der Waals surface area contributed by atoms with Crippen LogP contribution in [0.15, 0.2) is 5.38 Å². The number of hydrogen-bond donors (Lipinski definition) is 2. The maximum atomic E-state index is 11.7. The van der Waals surface area contributed by atoms with Crippen LogP contribution >= 0.6 is 11.3 Å². The summed E-state index contributed by atoms with van der Waals surface area (Å²) in [5, 5.41) is 1.87. The number of carbonyl (C=O) groups excluding carboxylic acids is 3. The molecule has 2 atom stereocenters. The number of rotatable bonds is 3. The molecule has 2 fully saturated rings. The van der Waals surface area contributed by atoms with Gasteiger partial charge in [0, 0.05) is 5.38 Å². The molecule has 18 heavy (non-hydrogen) atoms. The van der Waals surface area contributed by atoms with E-state index in [2.05, 4.69) is 4.98 Å². The summed E-state index contributed by atoms with van der Waals surface area (Å²) in [6.45, 7) is 0.138. The fraction of sp³-hybridized carbons (Fsp3) is 0.400. The van der Waals surface area contributed by atoms with Crippen LogP contribution in [0.25, 0.3) is 0 Å². The molecule has 1 aromatic heterocycles. The summed E-state index contributed by atoms with van der Waals surface area (Å²) < 4.78 is 0. The van der Waals surface area contributed by atoms with Gasteiger partial charge in [-0.25, -0.2) is 10.8 Å². The molecule has 1 aliphatic carbocycles. The van der Waals surface area contributed by atoms with E-state index in [9.17, 15) is 14.4 Å². The Bertz CT molecular complexity index is 535. The van der Waals surface area contributed by atoms with E-state index in [0.717, 1.165) is 11.3 Å². The van der Waals surface area contributed by atoms with Gasteiger partial charge in [0.25, 0.3) is 5.91 Å². The molecule has 94 valence electrons. The minimum Gasteiger partial charge on any atom is -0.288 e. The van der Waals surface area contributed by atoms with Crippen LogP contribution in [-0.4, -0.2) is 27.6 Å². The van der Waals surface area contributed by atoms with Crippen LogP contribution in [0.4, 0.5) is 0 Å². The molecule has 0 spiro atoms. The van der Waals surface area contributed by atoms with Crippen LogP contribution in [-0.2, 0) is 16.1 Å². The summed E-state index contributed by atoms with van der Waals surface area (Å²) in [6, 6.07) is 0. The lowest BCUT2D eigenvalue weighted by Gasteiger charge is -2.14. The summed E-state index contributed by atoms with van der Waals surface area (Å²) in [4.78, 5) is 40.0. The number of amides is 3. The zero-order valence-electron chi connectivity index (χ0n) is 9.25. The number of aromatic nitrogens is 1. The Morgan fingerprint density at radius 2 is 2.17 bits per heavy atom. The van der Waals surface area contributed by atoms with E-state index in [1.165, 1.54) is 4.90 Å². The third kappa shape index (κ3) is 1.61. The first kappa shape index (κ1) is 11.3. The molecule has 3 amide bonds. The van der Waals surface area contributed by atoms with E-state index >= 15 is 0 Å². The van der Waals surface area contributed by atoms with Crippen LogP contribution in [0.1, 0.15) is 21.9 Å². The number of piperidine rings is 1. The average Bonchev–Trinajstić information content (AvgIpc) is 2.98. The number of carbonyl (C=O) groups is 3. The zero-order chi connectivity index (χ0) is 12.9. The van der Waals surface area contributed by atoms with Gasteiger partial charge in [-0.05, 0) is 6.42 Å². The van der Waals surface area contributed by atoms with Crippen LogP contribution < -0.4 is 11.3 Å². The fourth-order valence-corrected chi connectivity index (χ4v) is 2.82. The third-order valence-corrected chi connectivity index (χ3v) is 4.04. The molecule has 2 aliphatic rings. The Hall–Kier alpha value is -1.80. The standard InChI is InChI=1S/C10H10N4O3S/c11-13-7(15)8-12-4(3-18-8)2-14-9(16)5-1-6(5)10(14)17/h3,5-6H,1-2,11H2,(H,13,15). The van der Waals surface area contributed by atoms with Crippen molar-refractivity contribution in [1.82, 2.24) is 15.3 Å². The zero-order valence-corrected chi connectivity index (χ0v) is 10.1. The van der Waals surface area contributed by atoms with Gasteiger partial charge in [0.2, 0.25) is 11.8 Å². The number of fused-ring (bicyclic) bond motifs is 1. The average molecular weight is 266 g/mol. The lowest BCUT2D eigenvalue weighted by atomic mass is 10.3. The normalized spacial score (nSPS) is 25.3. The van der Waals surface area contributed by atoms with Gasteiger partial charge in [-0.3, -0.25) is 24.7 Å². The van der Waals surface area contributed by atoms with Crippen LogP contribution in [0, 0.1) is 11.8 Å². The lowest BCUT2D eigenvalue weighted by Crippen LogP contribution is -2.32. The molecule has 3 rings (SSSR count). The van der Waals surface area contributed by atoms with Gasteiger partial charge >= 0.3 is 0 Å². The molecule has 0 bridgehead atoms. The van der Waals surface area contributed by atoms with Gasteiger partial charge in [-0.15, -0.1) is 11.3 Å². The smallest absolute Gasteiger partial charge is 0.288 e. The van der Waals surface area contributed by atoms with Crippen molar-refractivity contribution in [2.24, 2.45) is 17.7 Å². The van der Waals surface area contributed by atoms with Gasteiger partial charge in [0.1, 0.15) is 0 Å². The first-order valence-electron chi connectivity index (χ1n) is 5.42. The summed E-state index contributed by atoms with van der Waals surface area (Å²) >= 11 is 1.13. The van der Waals surface area contributed by atoms with E-state index < -0.39 is 5.91 Å². The molecule has 1 aliphatic heterocycles. The molecule has 8 heteroatoms. The van der Waals surface area contributed by atoms with E-state index in [4.69, 9.17) is 5.84 Å². The van der Waals surface area contributed by atoms with Crippen LogP contribution in [0.2, 0.25) is 0 Å². The Morgan fingerprint density at radius 1 is 1.50 bits per heavy atom. The van der Waals surface area contributed by atoms with Crippen molar-refractivity contribution in [1.29, 1.82) is 0 Å². The lowest BCUT2D eigenvalue weighted by molar-refractivity contribution is -0.142. The van der Waals surface area contributed by atoms with Crippen molar-refractivity contribution in [3.8, 4) is 0 Å². The molecule has 2 unspecified atom stereocenters. The topological polar surface area (TPSA) is 105 Å². The van der Waals surface area contributed by atoms with Crippen molar-refractivity contribution in [2.75, 3.05) is 0 Å². The monoisotopic (exact) mass is 266 g/mol. The maximum absolute atomic E-state index is 11.7. The molecule has 1 saturated carbocycles. The predicted molar refractivity (Wildman–Crippen MR) is 60.9 cm³/mol. The molecule has 0 radical (unpaired) electrons. The number of nitrogen functional groups attached to an aromatic ring is 1. The first-order chi connectivity index (χ1) is 8.61. The second-order valence-electron chi connectivity index (χ2n) is 4.33. The number of nitrogens with one attached hydrogen (secondary N) is 1. The first-order valence-corrected chi connectivity index (χ1v) is 6.30. The third-order valence-electron chi connectivity index (χ3n) is 3.15. The van der Waals surface area contributed by atoms with Crippen LogP contribution in [0.3, 0.4) is 0 Å². The fourth-order valence-electron chi connectivity index (χ4n) is 2.11. The second kappa shape index (κ2) is 3.85. The number of likely N-dealkylation sites (tertiary alicyclic amines) is 1. The highest BCUT2D eigenvalue weighted by Gasteiger charge is 2.58. The molecule has 0 aromatic carbocycles. The van der Waals surface area contributed by atoms with E-state index in [0.29, 0.717) is 12.1 Å². The summed E-state index contributed by atoms with van der Waals surface area (Å²) in [5.74, 6) is 4.05. The Kier molecular flexibility index (Phi) is 2.42. The minimum atomic E-state index is -0.479. The highest BCUT2D eigenvalue weighted by molar-refractivity contribution is 7.11. The summed E-state index contributed by atoms with van der Waals surface area (Å²) in [6.07, 6.45) is 0.687. The second-order valence-corrected chi connectivity index (χ2v) is 5.19. The number of nitrogens with two attached hydrogens (primary N) is 1. The SMILES string of the molecule is NNC(=O)c1nc(CN2C(=O)C3CC3C2=O)cs1. The number of hydrazine groups is 1. The van der Waals surface area contributed by atoms with Crippen molar-refractivity contribution < 1.29 is 14.4 Å². The molecular weight excluding hydrogens is 256 g/mol. The van der Waals surface area contributed by atoms with Crippen molar-refractivity contribution in [3.63, 3.8) is 0 Å². The van der Waals surface area contributed by atoms with E-state index in [-0.39, 0.29) is 35.2 Å². The van der Waals surface area contributed by atoms with Crippen molar-refractivity contribution >= 4 is 29.1 Å². The van der Waals surface area contributed by atoms with E-state index in [1.807, 2.05) is 5.43 Å². The Morgan fingerprint density at radius 3 is 2.78 bits per heavy atom. The van der Waals surface area contributed by atoms with Gasteiger partial charge in [-0.1, -0.05) is 0 Å². The van der Waals surface area contributed by atoms with Gasteiger partial charge in [-0.2, -0.15) is 0 Å². The largest absolute Gasteiger partial charge is 0.294 e. The molecule has 2 heterocycles. The van der Waals surface area contributed by atoms with E-state index in [1.54, 1.807) is 5.38 Å². The molecule has 3 N–H and O–H groups in total. The predicted octanol–water partition coefficient (Wildman–Crippen LogP) is -0.749. The molecule has 1 aromatic rings. The Labute approximate surface area is 106 Å². The maximum Gasteiger partial charge on any atom is 0.294 e. The summed E-state index contributed by atoms with van der Waals surface area (Å²) in [5.41, 5.74) is 2.51. The van der Waals surface area contributed by atoms with Gasteiger partial charge in [0.05, 0.1) is 24.1 Å².